The Hall–Kier alpha value is -1.59. The zero-order valence-corrected chi connectivity index (χ0v) is 15.4. The predicted octanol–water partition coefficient (Wildman–Crippen LogP) is 2.67. The second-order valence-corrected chi connectivity index (χ2v) is 7.28. The minimum Gasteiger partial charge on any atom is -0.336 e. The van der Waals surface area contributed by atoms with E-state index >= 15 is 0 Å². The molecule has 6 nitrogen and oxygen atoms in total. The van der Waals surface area contributed by atoms with Crippen LogP contribution in [-0.4, -0.2) is 51.8 Å². The molecule has 1 N–H and O–H groups in total. The van der Waals surface area contributed by atoms with Crippen LogP contribution >= 0.6 is 0 Å². The molecule has 1 heterocycles. The summed E-state index contributed by atoms with van der Waals surface area (Å²) in [5, 5.41) is 2.87. The number of hydrogen-bond acceptors (Lipinski definition) is 3. The Labute approximate surface area is 144 Å². The van der Waals surface area contributed by atoms with Crippen molar-refractivity contribution < 1.29 is 14.4 Å². The van der Waals surface area contributed by atoms with Gasteiger partial charge in [0.25, 0.3) is 5.91 Å². The average Bonchev–Trinajstić information content (AvgIpc) is 2.79. The van der Waals surface area contributed by atoms with Gasteiger partial charge in [-0.1, -0.05) is 33.1 Å². The van der Waals surface area contributed by atoms with E-state index < -0.39 is 11.6 Å². The van der Waals surface area contributed by atoms with E-state index in [1.807, 2.05) is 32.6 Å². The van der Waals surface area contributed by atoms with Crippen molar-refractivity contribution in [3.8, 4) is 0 Å². The van der Waals surface area contributed by atoms with Gasteiger partial charge < -0.3 is 10.2 Å². The molecule has 136 valence electrons. The largest absolute Gasteiger partial charge is 0.336 e. The van der Waals surface area contributed by atoms with Crippen LogP contribution in [0.5, 0.6) is 0 Å². The van der Waals surface area contributed by atoms with Crippen LogP contribution in [0.25, 0.3) is 0 Å². The predicted molar refractivity (Wildman–Crippen MR) is 92.4 cm³/mol. The van der Waals surface area contributed by atoms with Crippen LogP contribution in [-0.2, 0) is 9.59 Å². The highest BCUT2D eigenvalue weighted by Crippen LogP contribution is 2.33. The summed E-state index contributed by atoms with van der Waals surface area (Å²) in [6.45, 7) is 7.95. The number of hydrogen-bond donors (Lipinski definition) is 1. The molecule has 1 aliphatic heterocycles. The lowest BCUT2D eigenvalue weighted by molar-refractivity contribution is -0.142. The van der Waals surface area contributed by atoms with Crippen LogP contribution in [0, 0.1) is 0 Å². The Morgan fingerprint density at radius 1 is 1.12 bits per heavy atom. The molecule has 24 heavy (non-hydrogen) atoms. The number of urea groups is 1. The third kappa shape index (κ3) is 3.42. The Bertz CT molecular complexity index is 490. The van der Waals surface area contributed by atoms with Crippen molar-refractivity contribution in [3.63, 3.8) is 0 Å². The minimum absolute atomic E-state index is 0.0943. The van der Waals surface area contributed by atoms with Gasteiger partial charge >= 0.3 is 6.03 Å². The maximum absolute atomic E-state index is 12.8. The summed E-state index contributed by atoms with van der Waals surface area (Å²) in [7, 11) is 0. The fourth-order valence-electron chi connectivity index (χ4n) is 3.85. The van der Waals surface area contributed by atoms with E-state index in [1.54, 1.807) is 0 Å². The van der Waals surface area contributed by atoms with Crippen LogP contribution in [0.4, 0.5) is 4.79 Å². The third-order valence-corrected chi connectivity index (χ3v) is 5.67. The van der Waals surface area contributed by atoms with Gasteiger partial charge in [-0.3, -0.25) is 14.5 Å². The van der Waals surface area contributed by atoms with Gasteiger partial charge in [-0.25, -0.2) is 4.79 Å². The average molecular weight is 337 g/mol. The van der Waals surface area contributed by atoms with E-state index in [1.165, 1.54) is 0 Å². The zero-order chi connectivity index (χ0) is 17.9. The van der Waals surface area contributed by atoms with Crippen LogP contribution in [0.15, 0.2) is 0 Å². The molecule has 4 amide bonds. The first-order valence-electron chi connectivity index (χ1n) is 9.31. The molecule has 2 aliphatic rings. The van der Waals surface area contributed by atoms with E-state index in [0.717, 1.165) is 37.0 Å². The number of nitrogens with zero attached hydrogens (tertiary/aromatic N) is 2. The molecule has 2 fully saturated rings. The van der Waals surface area contributed by atoms with Crippen LogP contribution in [0.3, 0.4) is 0 Å². The summed E-state index contributed by atoms with van der Waals surface area (Å²) in [5.74, 6) is -0.358. The maximum Gasteiger partial charge on any atom is 0.325 e. The highest BCUT2D eigenvalue weighted by molar-refractivity contribution is 6.09. The van der Waals surface area contributed by atoms with Gasteiger partial charge in [-0.05, 0) is 39.5 Å². The second kappa shape index (κ2) is 7.53. The molecule has 2 atom stereocenters. The molecule has 1 saturated carbocycles. The summed E-state index contributed by atoms with van der Waals surface area (Å²) in [4.78, 5) is 40.9. The van der Waals surface area contributed by atoms with Crippen molar-refractivity contribution in [3.05, 3.63) is 0 Å². The van der Waals surface area contributed by atoms with Crippen molar-refractivity contribution in [2.45, 2.75) is 90.3 Å². The molecule has 1 spiro atoms. The lowest BCUT2D eigenvalue weighted by Gasteiger charge is -2.35. The van der Waals surface area contributed by atoms with E-state index in [4.69, 9.17) is 0 Å². The molecular formula is C18H31N3O3. The summed E-state index contributed by atoms with van der Waals surface area (Å²) in [5.41, 5.74) is -0.757. The van der Waals surface area contributed by atoms with Crippen molar-refractivity contribution in [2.24, 2.45) is 0 Å². The van der Waals surface area contributed by atoms with Gasteiger partial charge in [0.15, 0.2) is 0 Å². The second-order valence-electron chi connectivity index (χ2n) is 7.28. The van der Waals surface area contributed by atoms with E-state index in [-0.39, 0.29) is 30.4 Å². The molecule has 0 aromatic carbocycles. The first-order chi connectivity index (χ1) is 11.4. The Morgan fingerprint density at radius 3 is 2.17 bits per heavy atom. The number of imide groups is 1. The molecule has 0 aromatic rings. The maximum atomic E-state index is 12.8. The molecule has 1 saturated heterocycles. The lowest BCUT2D eigenvalue weighted by Crippen LogP contribution is -2.51. The third-order valence-electron chi connectivity index (χ3n) is 5.67. The van der Waals surface area contributed by atoms with Crippen molar-refractivity contribution in [1.29, 1.82) is 0 Å². The highest BCUT2D eigenvalue weighted by atomic mass is 16.2. The van der Waals surface area contributed by atoms with E-state index in [2.05, 4.69) is 5.32 Å². The number of nitrogens with one attached hydrogen (secondary N) is 1. The van der Waals surface area contributed by atoms with Crippen molar-refractivity contribution in [1.82, 2.24) is 15.1 Å². The first-order valence-corrected chi connectivity index (χ1v) is 9.31. The van der Waals surface area contributed by atoms with Gasteiger partial charge in [0.1, 0.15) is 12.1 Å². The summed E-state index contributed by atoms with van der Waals surface area (Å²) in [6, 6.07) is -0.225. The highest BCUT2D eigenvalue weighted by Gasteiger charge is 2.51. The number of carbonyl (C=O) groups excluding carboxylic acids is 3. The Kier molecular flexibility index (Phi) is 5.88. The van der Waals surface area contributed by atoms with Gasteiger partial charge in [-0.2, -0.15) is 0 Å². The first kappa shape index (κ1) is 18.7. The number of amides is 4. The minimum atomic E-state index is -0.757. The topological polar surface area (TPSA) is 69.7 Å². The van der Waals surface area contributed by atoms with Gasteiger partial charge in [-0.15, -0.1) is 0 Å². The van der Waals surface area contributed by atoms with Crippen molar-refractivity contribution >= 4 is 17.8 Å². The van der Waals surface area contributed by atoms with Gasteiger partial charge in [0.05, 0.1) is 0 Å². The molecule has 1 aliphatic carbocycles. The molecule has 0 radical (unpaired) electrons. The molecular weight excluding hydrogens is 306 g/mol. The van der Waals surface area contributed by atoms with Crippen LogP contribution in [0.1, 0.15) is 72.6 Å². The molecule has 0 aromatic heterocycles. The normalized spacial score (nSPS) is 22.4. The Morgan fingerprint density at radius 2 is 1.67 bits per heavy atom. The number of carbonyl (C=O) groups is 3. The molecule has 0 bridgehead atoms. The van der Waals surface area contributed by atoms with Crippen LogP contribution in [0.2, 0.25) is 0 Å². The van der Waals surface area contributed by atoms with Crippen LogP contribution < -0.4 is 5.32 Å². The SMILES string of the molecule is CC[C@H](C)N(C(=O)CN1C(=O)NC2(CCCCC2)C1=O)[C@@H](C)CC. The standard InChI is InChI=1S/C18H31N3O3/c1-5-13(3)21(14(4)6-2)15(22)12-20-16(23)18(19-17(20)24)10-8-7-9-11-18/h13-14H,5-12H2,1-4H3,(H,19,24)/t13-,14-/m0/s1. The lowest BCUT2D eigenvalue weighted by atomic mass is 9.82. The fourth-order valence-corrected chi connectivity index (χ4v) is 3.85. The summed E-state index contributed by atoms with van der Waals surface area (Å²) < 4.78 is 0. The fraction of sp³-hybridized carbons (Fsp3) is 0.833. The molecule has 6 heteroatoms. The summed E-state index contributed by atoms with van der Waals surface area (Å²) >= 11 is 0. The monoisotopic (exact) mass is 337 g/mol. The van der Waals surface area contributed by atoms with Gasteiger partial charge in [0.2, 0.25) is 5.91 Å². The summed E-state index contributed by atoms with van der Waals surface area (Å²) in [6.07, 6.45) is 6.05. The molecule has 0 unspecified atom stereocenters. The Balaban J connectivity index is 2.12. The number of rotatable bonds is 6. The van der Waals surface area contributed by atoms with E-state index in [9.17, 15) is 14.4 Å². The molecule has 2 rings (SSSR count). The van der Waals surface area contributed by atoms with E-state index in [0.29, 0.717) is 12.8 Å². The van der Waals surface area contributed by atoms with Crippen molar-refractivity contribution in [2.75, 3.05) is 6.54 Å². The zero-order valence-electron chi connectivity index (χ0n) is 15.4. The van der Waals surface area contributed by atoms with Gasteiger partial charge in [0, 0.05) is 12.1 Å². The smallest absolute Gasteiger partial charge is 0.325 e. The quantitative estimate of drug-likeness (QED) is 0.758.